The maximum Gasteiger partial charge on any atom is 0.252 e. The average Bonchev–Trinajstić information content (AvgIpc) is 3.27. The molecule has 2 heterocycles. The maximum absolute atomic E-state index is 12.5. The third-order valence-corrected chi connectivity index (χ3v) is 7.82. The van der Waals surface area contributed by atoms with Gasteiger partial charge in [-0.15, -0.1) is 11.3 Å². The van der Waals surface area contributed by atoms with E-state index in [9.17, 15) is 13.2 Å². The molecule has 1 amide bonds. The molecular formula is C18H22N2O3S2. The van der Waals surface area contributed by atoms with Crippen molar-refractivity contribution in [1.82, 2.24) is 9.62 Å². The summed E-state index contributed by atoms with van der Waals surface area (Å²) in [6.07, 6.45) is 2.18. The van der Waals surface area contributed by atoms with Crippen molar-refractivity contribution in [1.29, 1.82) is 0 Å². The summed E-state index contributed by atoms with van der Waals surface area (Å²) in [6, 6.07) is 11.2. The Bertz CT molecular complexity index is 853. The SMILES string of the molecule is Cc1ccccc1CC(=O)NCc1ccc(S(=O)(=O)N2CCCC2)s1. The van der Waals surface area contributed by atoms with Crippen LogP contribution >= 0.6 is 11.3 Å². The molecule has 0 saturated carbocycles. The third kappa shape index (κ3) is 4.29. The Morgan fingerprint density at radius 2 is 1.88 bits per heavy atom. The molecule has 0 radical (unpaired) electrons. The number of carbonyl (C=O) groups excluding carboxylic acids is 1. The van der Waals surface area contributed by atoms with Crippen molar-refractivity contribution in [2.75, 3.05) is 13.1 Å². The molecule has 1 fully saturated rings. The van der Waals surface area contributed by atoms with Crippen LogP contribution in [0.15, 0.2) is 40.6 Å². The van der Waals surface area contributed by atoms with E-state index >= 15 is 0 Å². The van der Waals surface area contributed by atoms with Crippen LogP contribution in [0.5, 0.6) is 0 Å². The topological polar surface area (TPSA) is 66.5 Å². The van der Waals surface area contributed by atoms with E-state index in [-0.39, 0.29) is 5.91 Å². The minimum atomic E-state index is -3.37. The molecule has 134 valence electrons. The van der Waals surface area contributed by atoms with Crippen LogP contribution in [0.25, 0.3) is 0 Å². The number of nitrogens with zero attached hydrogens (tertiary/aromatic N) is 1. The van der Waals surface area contributed by atoms with E-state index in [2.05, 4.69) is 5.32 Å². The largest absolute Gasteiger partial charge is 0.351 e. The lowest BCUT2D eigenvalue weighted by molar-refractivity contribution is -0.120. The second kappa shape index (κ2) is 7.68. The molecule has 1 aromatic carbocycles. The number of amides is 1. The second-order valence-corrected chi connectivity index (χ2v) is 9.55. The van der Waals surface area contributed by atoms with Gasteiger partial charge < -0.3 is 5.32 Å². The molecular weight excluding hydrogens is 356 g/mol. The number of thiophene rings is 1. The van der Waals surface area contributed by atoms with Crippen LogP contribution in [0.4, 0.5) is 0 Å². The van der Waals surface area contributed by atoms with Gasteiger partial charge in [0.25, 0.3) is 10.0 Å². The number of sulfonamides is 1. The first-order valence-corrected chi connectivity index (χ1v) is 10.6. The zero-order valence-corrected chi connectivity index (χ0v) is 15.8. The Kier molecular flexibility index (Phi) is 5.56. The highest BCUT2D eigenvalue weighted by atomic mass is 32.2. The van der Waals surface area contributed by atoms with Crippen molar-refractivity contribution < 1.29 is 13.2 Å². The lowest BCUT2D eigenvalue weighted by Gasteiger charge is -2.13. The minimum absolute atomic E-state index is 0.0633. The molecule has 1 saturated heterocycles. The molecule has 3 rings (SSSR count). The summed E-state index contributed by atoms with van der Waals surface area (Å²) < 4.78 is 26.9. The molecule has 0 spiro atoms. The van der Waals surface area contributed by atoms with Gasteiger partial charge in [-0.25, -0.2) is 8.42 Å². The van der Waals surface area contributed by atoms with E-state index in [4.69, 9.17) is 0 Å². The predicted octanol–water partition coefficient (Wildman–Crippen LogP) is 2.70. The zero-order chi connectivity index (χ0) is 17.9. The number of rotatable bonds is 6. The van der Waals surface area contributed by atoms with Crippen molar-refractivity contribution in [2.24, 2.45) is 0 Å². The van der Waals surface area contributed by atoms with Crippen molar-refractivity contribution in [3.63, 3.8) is 0 Å². The van der Waals surface area contributed by atoms with Gasteiger partial charge in [0.1, 0.15) is 4.21 Å². The van der Waals surface area contributed by atoms with Crippen molar-refractivity contribution in [3.05, 3.63) is 52.4 Å². The monoisotopic (exact) mass is 378 g/mol. The Morgan fingerprint density at radius 3 is 2.60 bits per heavy atom. The summed E-state index contributed by atoms with van der Waals surface area (Å²) >= 11 is 1.23. The summed E-state index contributed by atoms with van der Waals surface area (Å²) in [5.41, 5.74) is 2.09. The molecule has 0 aliphatic carbocycles. The molecule has 7 heteroatoms. The highest BCUT2D eigenvalue weighted by Crippen LogP contribution is 2.27. The van der Waals surface area contributed by atoms with Gasteiger partial charge in [-0.3, -0.25) is 4.79 Å². The van der Waals surface area contributed by atoms with E-state index in [0.29, 0.717) is 30.3 Å². The van der Waals surface area contributed by atoms with Gasteiger partial charge in [0, 0.05) is 18.0 Å². The highest BCUT2D eigenvalue weighted by Gasteiger charge is 2.28. The molecule has 25 heavy (non-hydrogen) atoms. The van der Waals surface area contributed by atoms with E-state index in [1.807, 2.05) is 31.2 Å². The minimum Gasteiger partial charge on any atom is -0.351 e. The first-order valence-electron chi connectivity index (χ1n) is 8.37. The molecule has 0 bridgehead atoms. The fourth-order valence-electron chi connectivity index (χ4n) is 2.88. The number of nitrogens with one attached hydrogen (secondary N) is 1. The summed E-state index contributed by atoms with van der Waals surface area (Å²) in [4.78, 5) is 13.0. The van der Waals surface area contributed by atoms with Gasteiger partial charge in [-0.2, -0.15) is 4.31 Å². The van der Waals surface area contributed by atoms with Gasteiger partial charge in [0.05, 0.1) is 13.0 Å². The van der Waals surface area contributed by atoms with E-state index in [1.165, 1.54) is 11.3 Å². The van der Waals surface area contributed by atoms with E-state index in [0.717, 1.165) is 28.8 Å². The van der Waals surface area contributed by atoms with Crippen LogP contribution < -0.4 is 5.32 Å². The predicted molar refractivity (Wildman–Crippen MR) is 99.0 cm³/mol. The maximum atomic E-state index is 12.5. The molecule has 1 aromatic heterocycles. The van der Waals surface area contributed by atoms with Crippen LogP contribution in [0, 0.1) is 6.92 Å². The summed E-state index contributed by atoms with van der Waals surface area (Å²) in [7, 11) is -3.37. The molecule has 0 atom stereocenters. The zero-order valence-electron chi connectivity index (χ0n) is 14.2. The molecule has 2 aromatic rings. The van der Waals surface area contributed by atoms with Crippen molar-refractivity contribution in [3.8, 4) is 0 Å². The number of benzene rings is 1. The van der Waals surface area contributed by atoms with Gasteiger partial charge in [0.15, 0.2) is 0 Å². The second-order valence-electron chi connectivity index (χ2n) is 6.21. The number of hydrogen-bond acceptors (Lipinski definition) is 4. The quantitative estimate of drug-likeness (QED) is 0.840. The first kappa shape index (κ1) is 18.1. The van der Waals surface area contributed by atoms with E-state index < -0.39 is 10.0 Å². The fourth-order valence-corrected chi connectivity index (χ4v) is 5.84. The van der Waals surface area contributed by atoms with Gasteiger partial charge in [0.2, 0.25) is 5.91 Å². The molecule has 5 nitrogen and oxygen atoms in total. The van der Waals surface area contributed by atoms with Gasteiger partial charge in [-0.05, 0) is 43.0 Å². The summed E-state index contributed by atoms with van der Waals surface area (Å²) in [5.74, 6) is -0.0633. The molecule has 0 unspecified atom stereocenters. The summed E-state index contributed by atoms with van der Waals surface area (Å²) in [6.45, 7) is 3.54. The highest BCUT2D eigenvalue weighted by molar-refractivity contribution is 7.91. The smallest absolute Gasteiger partial charge is 0.252 e. The van der Waals surface area contributed by atoms with Gasteiger partial charge >= 0.3 is 0 Å². The Balaban J connectivity index is 1.58. The first-order chi connectivity index (χ1) is 12.0. The van der Waals surface area contributed by atoms with Crippen LogP contribution in [-0.4, -0.2) is 31.7 Å². The van der Waals surface area contributed by atoms with Crippen molar-refractivity contribution >= 4 is 27.3 Å². The number of aryl methyl sites for hydroxylation is 1. The standard InChI is InChI=1S/C18H22N2O3S2/c1-14-6-2-3-7-15(14)12-17(21)19-13-16-8-9-18(24-16)25(22,23)20-10-4-5-11-20/h2-3,6-9H,4-5,10-13H2,1H3,(H,19,21). The Morgan fingerprint density at radius 1 is 1.16 bits per heavy atom. The van der Waals surface area contributed by atoms with E-state index in [1.54, 1.807) is 16.4 Å². The molecule has 1 N–H and O–H groups in total. The van der Waals surface area contributed by atoms with Crippen molar-refractivity contribution in [2.45, 2.75) is 36.9 Å². The van der Waals surface area contributed by atoms with Crippen LogP contribution in [0.1, 0.15) is 28.8 Å². The average molecular weight is 379 g/mol. The normalized spacial score (nSPS) is 15.4. The van der Waals surface area contributed by atoms with Crippen LogP contribution in [0.2, 0.25) is 0 Å². The number of hydrogen-bond donors (Lipinski definition) is 1. The molecule has 1 aliphatic heterocycles. The Labute approximate surface area is 152 Å². The Hall–Kier alpha value is -1.70. The van der Waals surface area contributed by atoms with Crippen LogP contribution in [-0.2, 0) is 27.8 Å². The summed E-state index contributed by atoms with van der Waals surface area (Å²) in [5, 5.41) is 2.87. The van der Waals surface area contributed by atoms with Crippen LogP contribution in [0.3, 0.4) is 0 Å². The third-order valence-electron chi connectivity index (χ3n) is 4.37. The lowest BCUT2D eigenvalue weighted by atomic mass is 10.1. The fraction of sp³-hybridized carbons (Fsp3) is 0.389. The van der Waals surface area contributed by atoms with Gasteiger partial charge in [-0.1, -0.05) is 24.3 Å². The lowest BCUT2D eigenvalue weighted by Crippen LogP contribution is -2.27. The molecule has 1 aliphatic rings. The number of carbonyl (C=O) groups is 1.